The Kier molecular flexibility index (Phi) is 3.71. The quantitative estimate of drug-likeness (QED) is 0.847. The minimum absolute atomic E-state index is 0.0638. The van der Waals surface area contributed by atoms with Gasteiger partial charge in [0.05, 0.1) is 11.9 Å². The van der Waals surface area contributed by atoms with Gasteiger partial charge in [-0.2, -0.15) is 5.10 Å². The number of nitrogens with zero attached hydrogens (tertiary/aromatic N) is 2. The van der Waals surface area contributed by atoms with Gasteiger partial charge >= 0.3 is 0 Å². The van der Waals surface area contributed by atoms with E-state index in [0.717, 1.165) is 0 Å². The highest BCUT2D eigenvalue weighted by molar-refractivity contribution is 7.92. The topological polar surface area (TPSA) is 84.2 Å². The molecule has 0 saturated carbocycles. The maximum Gasteiger partial charge on any atom is 0.265 e. The van der Waals surface area contributed by atoms with E-state index in [1.54, 1.807) is 23.7 Å². The van der Waals surface area contributed by atoms with Crippen LogP contribution >= 0.6 is 0 Å². The van der Waals surface area contributed by atoms with Crippen molar-refractivity contribution in [3.63, 3.8) is 0 Å². The van der Waals surface area contributed by atoms with Crippen LogP contribution in [0.3, 0.4) is 0 Å². The molecule has 0 radical (unpaired) electrons. The monoisotopic (exact) mass is 295 g/mol. The fourth-order valence-electron chi connectivity index (χ4n) is 1.72. The summed E-state index contributed by atoms with van der Waals surface area (Å²) < 4.78 is 28.5. The second-order valence-electron chi connectivity index (χ2n) is 4.82. The van der Waals surface area contributed by atoms with Gasteiger partial charge in [-0.15, -0.1) is 0 Å². The van der Waals surface area contributed by atoms with Crippen molar-refractivity contribution in [2.45, 2.75) is 31.7 Å². The first-order chi connectivity index (χ1) is 9.31. The van der Waals surface area contributed by atoms with E-state index in [-0.39, 0.29) is 22.4 Å². The van der Waals surface area contributed by atoms with Crippen LogP contribution in [0.15, 0.2) is 35.5 Å². The molecule has 20 heavy (non-hydrogen) atoms. The Morgan fingerprint density at radius 1 is 1.35 bits per heavy atom. The summed E-state index contributed by atoms with van der Waals surface area (Å²) in [5, 5.41) is 13.8. The number of aromatic hydroxyl groups is 1. The van der Waals surface area contributed by atoms with Gasteiger partial charge in [0.25, 0.3) is 10.0 Å². The number of phenols is 1. The third-order valence-corrected chi connectivity index (χ3v) is 4.21. The Balaban J connectivity index is 2.36. The normalized spacial score (nSPS) is 11.8. The number of anilines is 1. The maximum absolute atomic E-state index is 12.3. The Labute approximate surface area is 118 Å². The van der Waals surface area contributed by atoms with Gasteiger partial charge in [-0.25, -0.2) is 8.42 Å². The van der Waals surface area contributed by atoms with Crippen molar-refractivity contribution in [1.29, 1.82) is 0 Å². The number of nitrogens with one attached hydrogen (secondary N) is 1. The molecular weight excluding hydrogens is 278 g/mol. The van der Waals surface area contributed by atoms with Crippen molar-refractivity contribution in [2.75, 3.05) is 4.72 Å². The lowest BCUT2D eigenvalue weighted by molar-refractivity contribution is 0.477. The molecule has 1 aromatic heterocycles. The highest BCUT2D eigenvalue weighted by Crippen LogP contribution is 2.28. The van der Waals surface area contributed by atoms with Crippen LogP contribution in [0.4, 0.5) is 5.69 Å². The summed E-state index contributed by atoms with van der Waals surface area (Å²) in [6.07, 6.45) is 2.75. The van der Waals surface area contributed by atoms with Crippen LogP contribution in [-0.2, 0) is 10.0 Å². The van der Waals surface area contributed by atoms with E-state index >= 15 is 0 Å². The van der Waals surface area contributed by atoms with E-state index in [2.05, 4.69) is 9.82 Å². The third-order valence-electron chi connectivity index (χ3n) is 2.90. The van der Waals surface area contributed by atoms with E-state index in [1.165, 1.54) is 18.5 Å². The first-order valence-electron chi connectivity index (χ1n) is 6.17. The van der Waals surface area contributed by atoms with E-state index in [9.17, 15) is 13.5 Å². The predicted octanol–water partition coefficient (Wildman–Crippen LogP) is 2.28. The molecule has 2 aromatic rings. The molecule has 0 bridgehead atoms. The molecule has 2 N–H and O–H groups in total. The summed E-state index contributed by atoms with van der Waals surface area (Å²) in [5.41, 5.74) is 0.828. The van der Waals surface area contributed by atoms with Gasteiger partial charge in [-0.1, -0.05) is 12.1 Å². The fourth-order valence-corrected chi connectivity index (χ4v) is 2.80. The number of sulfonamides is 1. The zero-order chi connectivity index (χ0) is 14.9. The van der Waals surface area contributed by atoms with Gasteiger partial charge < -0.3 is 5.11 Å². The Morgan fingerprint density at radius 2 is 2.05 bits per heavy atom. The van der Waals surface area contributed by atoms with E-state index in [4.69, 9.17) is 0 Å². The molecule has 0 atom stereocenters. The smallest absolute Gasteiger partial charge is 0.265 e. The SMILES string of the molecule is Cc1cccc(O)c1NS(=O)(=O)c1cnn(C(C)C)c1. The van der Waals surface area contributed by atoms with E-state index < -0.39 is 10.0 Å². The van der Waals surface area contributed by atoms with Gasteiger partial charge in [-0.3, -0.25) is 9.40 Å². The summed E-state index contributed by atoms with van der Waals surface area (Å²) in [6, 6.07) is 4.88. The van der Waals surface area contributed by atoms with Crippen LogP contribution in [0.1, 0.15) is 25.5 Å². The molecule has 0 unspecified atom stereocenters. The van der Waals surface area contributed by atoms with Crippen LogP contribution in [0.5, 0.6) is 5.75 Å². The van der Waals surface area contributed by atoms with Crippen molar-refractivity contribution in [1.82, 2.24) is 9.78 Å². The summed E-state index contributed by atoms with van der Waals surface area (Å²) in [4.78, 5) is 0.0638. The largest absolute Gasteiger partial charge is 0.506 e. The van der Waals surface area contributed by atoms with Crippen LogP contribution in [0, 0.1) is 6.92 Å². The average molecular weight is 295 g/mol. The van der Waals surface area contributed by atoms with Crippen molar-refractivity contribution >= 4 is 15.7 Å². The first-order valence-corrected chi connectivity index (χ1v) is 7.65. The number of hydrogen-bond acceptors (Lipinski definition) is 4. The fraction of sp³-hybridized carbons (Fsp3) is 0.308. The highest BCUT2D eigenvalue weighted by Gasteiger charge is 2.19. The number of benzene rings is 1. The number of aromatic nitrogens is 2. The molecular formula is C13H17N3O3S. The van der Waals surface area contributed by atoms with Crippen LogP contribution < -0.4 is 4.72 Å². The third kappa shape index (κ3) is 2.77. The molecule has 0 aliphatic carbocycles. The number of phenolic OH excluding ortho intramolecular Hbond substituents is 1. The van der Waals surface area contributed by atoms with Crippen molar-refractivity contribution in [3.05, 3.63) is 36.2 Å². The van der Waals surface area contributed by atoms with E-state index in [0.29, 0.717) is 5.56 Å². The van der Waals surface area contributed by atoms with Gasteiger partial charge in [0.1, 0.15) is 10.6 Å². The summed E-state index contributed by atoms with van der Waals surface area (Å²) in [6.45, 7) is 5.53. The van der Waals surface area contributed by atoms with Gasteiger partial charge in [0.15, 0.2) is 0 Å². The zero-order valence-electron chi connectivity index (χ0n) is 11.5. The maximum atomic E-state index is 12.3. The van der Waals surface area contributed by atoms with Crippen molar-refractivity contribution in [3.8, 4) is 5.75 Å². The van der Waals surface area contributed by atoms with Gasteiger partial charge in [0.2, 0.25) is 0 Å². The second-order valence-corrected chi connectivity index (χ2v) is 6.51. The number of rotatable bonds is 4. The number of para-hydroxylation sites is 1. The van der Waals surface area contributed by atoms with E-state index in [1.807, 2.05) is 13.8 Å². The van der Waals surface area contributed by atoms with Gasteiger partial charge in [0, 0.05) is 12.2 Å². The highest BCUT2D eigenvalue weighted by atomic mass is 32.2. The molecule has 1 aromatic carbocycles. The standard InChI is InChI=1S/C13H17N3O3S/c1-9(2)16-8-11(7-14-16)20(18,19)15-13-10(3)5-4-6-12(13)17/h4-9,15,17H,1-3H3. The molecule has 108 valence electrons. The Hall–Kier alpha value is -2.02. The Morgan fingerprint density at radius 3 is 2.60 bits per heavy atom. The van der Waals surface area contributed by atoms with Gasteiger partial charge in [-0.05, 0) is 32.4 Å². The number of hydrogen-bond donors (Lipinski definition) is 2. The summed E-state index contributed by atoms with van der Waals surface area (Å²) in [5.74, 6) is -0.107. The second kappa shape index (κ2) is 5.16. The van der Waals surface area contributed by atoms with Crippen molar-refractivity contribution < 1.29 is 13.5 Å². The lowest BCUT2D eigenvalue weighted by Gasteiger charge is -2.10. The van der Waals surface area contributed by atoms with Crippen LogP contribution in [0.25, 0.3) is 0 Å². The zero-order valence-corrected chi connectivity index (χ0v) is 12.3. The van der Waals surface area contributed by atoms with Crippen LogP contribution in [0.2, 0.25) is 0 Å². The summed E-state index contributed by atoms with van der Waals surface area (Å²) >= 11 is 0. The van der Waals surface area contributed by atoms with Crippen molar-refractivity contribution in [2.24, 2.45) is 0 Å². The average Bonchev–Trinajstić information content (AvgIpc) is 2.84. The Bertz CT molecular complexity index is 700. The molecule has 6 nitrogen and oxygen atoms in total. The molecule has 0 amide bonds. The first kappa shape index (κ1) is 14.4. The molecule has 0 aliphatic rings. The minimum atomic E-state index is -3.76. The number of aryl methyl sites for hydroxylation is 1. The van der Waals surface area contributed by atoms with Crippen LogP contribution in [-0.4, -0.2) is 23.3 Å². The molecule has 0 saturated heterocycles. The molecule has 1 heterocycles. The molecule has 2 rings (SSSR count). The molecule has 0 spiro atoms. The lowest BCUT2D eigenvalue weighted by Crippen LogP contribution is -2.13. The predicted molar refractivity (Wildman–Crippen MR) is 76.3 cm³/mol. The molecule has 0 fully saturated rings. The molecule has 0 aliphatic heterocycles. The minimum Gasteiger partial charge on any atom is -0.506 e. The lowest BCUT2D eigenvalue weighted by atomic mass is 10.2. The summed E-state index contributed by atoms with van der Waals surface area (Å²) in [7, 11) is -3.76. The molecule has 7 heteroatoms.